The molecule has 6 heteroatoms. The standard InChI is InChI=1S/C9H14ClN3O2/c10-5-8-12-13-9(15-8)11-6-7-3-1-2-4-14-7/h7H,1-6H2,(H,11,13). The number of alkyl halides is 1. The molecule has 1 N–H and O–H groups in total. The van der Waals surface area contributed by atoms with Crippen molar-refractivity contribution in [2.24, 2.45) is 0 Å². The first-order chi connectivity index (χ1) is 7.38. The van der Waals surface area contributed by atoms with Gasteiger partial charge < -0.3 is 14.5 Å². The van der Waals surface area contributed by atoms with E-state index in [1.54, 1.807) is 0 Å². The van der Waals surface area contributed by atoms with Gasteiger partial charge in [-0.1, -0.05) is 5.10 Å². The van der Waals surface area contributed by atoms with Gasteiger partial charge in [-0.3, -0.25) is 0 Å². The van der Waals surface area contributed by atoms with Crippen LogP contribution in [0.5, 0.6) is 0 Å². The third kappa shape index (κ3) is 3.07. The summed E-state index contributed by atoms with van der Waals surface area (Å²) in [5, 5.41) is 10.6. The highest BCUT2D eigenvalue weighted by Gasteiger charge is 2.14. The van der Waals surface area contributed by atoms with Crippen LogP contribution in [0.15, 0.2) is 4.42 Å². The average molecular weight is 232 g/mol. The van der Waals surface area contributed by atoms with E-state index in [2.05, 4.69) is 15.5 Å². The van der Waals surface area contributed by atoms with Crippen LogP contribution in [0.3, 0.4) is 0 Å². The Morgan fingerprint density at radius 1 is 1.40 bits per heavy atom. The number of ether oxygens (including phenoxy) is 1. The van der Waals surface area contributed by atoms with Gasteiger partial charge >= 0.3 is 6.01 Å². The smallest absolute Gasteiger partial charge is 0.315 e. The molecule has 84 valence electrons. The molecule has 2 rings (SSSR count). The first-order valence-corrected chi connectivity index (χ1v) is 5.66. The average Bonchev–Trinajstić information content (AvgIpc) is 2.76. The Balaban J connectivity index is 1.76. The monoisotopic (exact) mass is 231 g/mol. The van der Waals surface area contributed by atoms with E-state index in [1.165, 1.54) is 6.42 Å². The van der Waals surface area contributed by atoms with Gasteiger partial charge in [-0.25, -0.2) is 0 Å². The second kappa shape index (κ2) is 5.32. The highest BCUT2D eigenvalue weighted by atomic mass is 35.5. The third-order valence-corrected chi connectivity index (χ3v) is 2.56. The second-order valence-electron chi connectivity index (χ2n) is 3.50. The summed E-state index contributed by atoms with van der Waals surface area (Å²) < 4.78 is 10.8. The highest BCUT2D eigenvalue weighted by Crippen LogP contribution is 2.14. The molecule has 5 nitrogen and oxygen atoms in total. The summed E-state index contributed by atoms with van der Waals surface area (Å²) >= 11 is 5.54. The molecule has 1 aromatic rings. The van der Waals surface area contributed by atoms with Crippen LogP contribution in [0.2, 0.25) is 0 Å². The van der Waals surface area contributed by atoms with E-state index in [-0.39, 0.29) is 12.0 Å². The van der Waals surface area contributed by atoms with Crippen LogP contribution in [-0.2, 0) is 10.6 Å². The number of rotatable bonds is 4. The number of nitrogens with zero attached hydrogens (tertiary/aromatic N) is 2. The summed E-state index contributed by atoms with van der Waals surface area (Å²) in [6.07, 6.45) is 3.73. The van der Waals surface area contributed by atoms with Crippen molar-refractivity contribution in [3.63, 3.8) is 0 Å². The first-order valence-electron chi connectivity index (χ1n) is 5.12. The Labute approximate surface area is 93.1 Å². The van der Waals surface area contributed by atoms with E-state index in [4.69, 9.17) is 20.8 Å². The molecule has 0 bridgehead atoms. The van der Waals surface area contributed by atoms with Crippen molar-refractivity contribution in [3.05, 3.63) is 5.89 Å². The normalized spacial score (nSPS) is 21.5. The predicted octanol–water partition coefficient (Wildman–Crippen LogP) is 1.79. The van der Waals surface area contributed by atoms with Gasteiger partial charge in [0.25, 0.3) is 0 Å². The SMILES string of the molecule is ClCc1nnc(NCC2CCCCO2)o1. The molecule has 0 amide bonds. The fraction of sp³-hybridized carbons (Fsp3) is 0.778. The molecule has 0 spiro atoms. The third-order valence-electron chi connectivity index (χ3n) is 2.34. The number of halogens is 1. The van der Waals surface area contributed by atoms with E-state index in [1.807, 2.05) is 0 Å². The van der Waals surface area contributed by atoms with Crippen molar-refractivity contribution in [1.29, 1.82) is 0 Å². The fourth-order valence-electron chi connectivity index (χ4n) is 1.55. The van der Waals surface area contributed by atoms with Crippen LogP contribution in [-0.4, -0.2) is 29.5 Å². The quantitative estimate of drug-likeness (QED) is 0.801. The minimum atomic E-state index is 0.245. The van der Waals surface area contributed by atoms with Crippen LogP contribution in [0.1, 0.15) is 25.2 Å². The van der Waals surface area contributed by atoms with Gasteiger partial charge in [0, 0.05) is 13.2 Å². The topological polar surface area (TPSA) is 60.2 Å². The summed E-state index contributed by atoms with van der Waals surface area (Å²) in [5.41, 5.74) is 0. The predicted molar refractivity (Wildman–Crippen MR) is 55.9 cm³/mol. The van der Waals surface area contributed by atoms with Gasteiger partial charge in [-0.05, 0) is 19.3 Å². The van der Waals surface area contributed by atoms with Crippen molar-refractivity contribution in [2.45, 2.75) is 31.2 Å². The minimum Gasteiger partial charge on any atom is -0.407 e. The van der Waals surface area contributed by atoms with Crippen LogP contribution in [0.4, 0.5) is 6.01 Å². The Bertz CT molecular complexity index is 299. The molecule has 0 aliphatic carbocycles. The fourth-order valence-corrected chi connectivity index (χ4v) is 1.66. The van der Waals surface area contributed by atoms with E-state index in [9.17, 15) is 0 Å². The van der Waals surface area contributed by atoms with Crippen molar-refractivity contribution < 1.29 is 9.15 Å². The van der Waals surface area contributed by atoms with Gasteiger partial charge in [-0.2, -0.15) is 0 Å². The van der Waals surface area contributed by atoms with Gasteiger partial charge in [0.05, 0.1) is 6.10 Å². The van der Waals surface area contributed by atoms with Crippen LogP contribution in [0.25, 0.3) is 0 Å². The van der Waals surface area contributed by atoms with Crippen LogP contribution in [0, 0.1) is 0 Å². The summed E-state index contributed by atoms with van der Waals surface area (Å²) in [6, 6.07) is 0.417. The maximum Gasteiger partial charge on any atom is 0.315 e. The molecule has 0 aromatic carbocycles. The molecule has 1 fully saturated rings. The van der Waals surface area contributed by atoms with E-state index in [0.29, 0.717) is 18.5 Å². The van der Waals surface area contributed by atoms with Crippen molar-refractivity contribution in [1.82, 2.24) is 10.2 Å². The highest BCUT2D eigenvalue weighted by molar-refractivity contribution is 6.16. The lowest BCUT2D eigenvalue weighted by Gasteiger charge is -2.22. The number of hydrogen-bond donors (Lipinski definition) is 1. The number of hydrogen-bond acceptors (Lipinski definition) is 5. The van der Waals surface area contributed by atoms with Gasteiger partial charge in [0.1, 0.15) is 5.88 Å². The van der Waals surface area contributed by atoms with E-state index >= 15 is 0 Å². The summed E-state index contributed by atoms with van der Waals surface area (Å²) in [7, 11) is 0. The minimum absolute atomic E-state index is 0.245. The molecule has 1 aliphatic heterocycles. The lowest BCUT2D eigenvalue weighted by Crippen LogP contribution is -2.27. The first kappa shape index (κ1) is 10.7. The maximum absolute atomic E-state index is 5.55. The van der Waals surface area contributed by atoms with Crippen molar-refractivity contribution >= 4 is 17.6 Å². The molecule has 1 atom stereocenters. The van der Waals surface area contributed by atoms with Crippen LogP contribution >= 0.6 is 11.6 Å². The van der Waals surface area contributed by atoms with Crippen molar-refractivity contribution in [2.75, 3.05) is 18.5 Å². The molecular formula is C9H14ClN3O2. The Hall–Kier alpha value is -0.810. The maximum atomic E-state index is 5.55. The Morgan fingerprint density at radius 3 is 3.00 bits per heavy atom. The molecule has 0 radical (unpaired) electrons. The van der Waals surface area contributed by atoms with Crippen molar-refractivity contribution in [3.8, 4) is 0 Å². The van der Waals surface area contributed by atoms with Gasteiger partial charge in [0.2, 0.25) is 5.89 Å². The zero-order valence-corrected chi connectivity index (χ0v) is 9.16. The molecular weight excluding hydrogens is 218 g/mol. The van der Waals surface area contributed by atoms with E-state index < -0.39 is 0 Å². The molecule has 2 heterocycles. The summed E-state index contributed by atoms with van der Waals surface area (Å²) in [4.78, 5) is 0. The molecule has 1 saturated heterocycles. The summed E-state index contributed by atoms with van der Waals surface area (Å²) in [5.74, 6) is 0.679. The van der Waals surface area contributed by atoms with Crippen LogP contribution < -0.4 is 5.32 Å². The number of nitrogens with one attached hydrogen (secondary N) is 1. The largest absolute Gasteiger partial charge is 0.407 e. The molecule has 1 aromatic heterocycles. The lowest BCUT2D eigenvalue weighted by atomic mass is 10.1. The molecule has 1 aliphatic rings. The zero-order valence-electron chi connectivity index (χ0n) is 8.41. The Kier molecular flexibility index (Phi) is 3.80. The molecule has 0 saturated carbocycles. The molecule has 1 unspecified atom stereocenters. The number of anilines is 1. The number of aromatic nitrogens is 2. The molecule has 15 heavy (non-hydrogen) atoms. The van der Waals surface area contributed by atoms with E-state index in [0.717, 1.165) is 19.4 Å². The summed E-state index contributed by atoms with van der Waals surface area (Å²) in [6.45, 7) is 1.56. The lowest BCUT2D eigenvalue weighted by molar-refractivity contribution is 0.0244. The zero-order chi connectivity index (χ0) is 10.5. The second-order valence-corrected chi connectivity index (χ2v) is 3.77. The van der Waals surface area contributed by atoms with Gasteiger partial charge in [0.15, 0.2) is 0 Å². The Morgan fingerprint density at radius 2 is 2.33 bits per heavy atom. The van der Waals surface area contributed by atoms with Gasteiger partial charge in [-0.15, -0.1) is 16.7 Å².